The van der Waals surface area contributed by atoms with Crippen LogP contribution in [0, 0.1) is 17.7 Å². The van der Waals surface area contributed by atoms with Crippen LogP contribution in [-0.2, 0) is 16.1 Å². The van der Waals surface area contributed by atoms with Crippen LogP contribution < -0.4 is 10.2 Å². The number of nitrogens with zero attached hydrogens (tertiary/aromatic N) is 5. The third-order valence-electron chi connectivity index (χ3n) is 6.73. The first-order chi connectivity index (χ1) is 16.2. The summed E-state index contributed by atoms with van der Waals surface area (Å²) in [6.45, 7) is 0.299. The SMILES string of the molecule is CN(C)[C@H]1CCN(c2nc(C(F)F)nc(CNC(=O)[C@H](CC3CCCC3)CN(O)C=O)c2F)C1. The van der Waals surface area contributed by atoms with E-state index in [4.69, 9.17) is 0 Å². The fourth-order valence-electron chi connectivity index (χ4n) is 4.78. The van der Waals surface area contributed by atoms with E-state index in [0.29, 0.717) is 30.5 Å². The molecule has 1 saturated heterocycles. The van der Waals surface area contributed by atoms with Crippen LogP contribution in [0.25, 0.3) is 0 Å². The van der Waals surface area contributed by atoms with Crippen LogP contribution in [0.2, 0.25) is 0 Å². The summed E-state index contributed by atoms with van der Waals surface area (Å²) < 4.78 is 42.2. The standard InChI is InChI=1S/C22H33F3N6O3/c1-29(2)16-7-8-30(12-16)21-18(23)17(27-20(28-21)19(24)25)10-26-22(33)15(11-31(34)13-32)9-14-5-3-4-6-14/h13-16,19,34H,3-12H2,1-2H3,(H,26,33)/t15-,16+/m1/s1. The zero-order chi connectivity index (χ0) is 24.8. The molecule has 2 aliphatic rings. The second-order valence-corrected chi connectivity index (χ2v) is 9.35. The van der Waals surface area contributed by atoms with Crippen molar-refractivity contribution in [3.8, 4) is 0 Å². The van der Waals surface area contributed by atoms with Crippen molar-refractivity contribution in [1.29, 1.82) is 0 Å². The lowest BCUT2D eigenvalue weighted by Gasteiger charge is -2.23. The maximum Gasteiger partial charge on any atom is 0.297 e. The topological polar surface area (TPSA) is 102 Å². The number of hydrogen-bond acceptors (Lipinski definition) is 7. The molecule has 1 aromatic rings. The molecule has 2 fully saturated rings. The Kier molecular flexibility index (Phi) is 9.06. The van der Waals surface area contributed by atoms with Gasteiger partial charge < -0.3 is 15.1 Å². The average molecular weight is 487 g/mol. The molecular formula is C22H33F3N6O3. The molecule has 0 aromatic carbocycles. The minimum absolute atomic E-state index is 0.142. The summed E-state index contributed by atoms with van der Waals surface area (Å²) in [5, 5.41) is 12.6. The molecule has 12 heteroatoms. The Bertz CT molecular complexity index is 853. The van der Waals surface area contributed by atoms with Gasteiger partial charge in [0.05, 0.1) is 19.0 Å². The van der Waals surface area contributed by atoms with Gasteiger partial charge in [-0.3, -0.25) is 14.8 Å². The van der Waals surface area contributed by atoms with Crippen molar-refractivity contribution in [2.75, 3.05) is 38.6 Å². The normalized spacial score (nSPS) is 19.8. The number of likely N-dealkylation sites (N-methyl/N-ethyl adjacent to an activating group) is 1. The minimum atomic E-state index is -2.99. The van der Waals surface area contributed by atoms with Crippen molar-refractivity contribution < 1.29 is 28.0 Å². The Morgan fingerprint density at radius 3 is 2.56 bits per heavy atom. The predicted octanol–water partition coefficient (Wildman–Crippen LogP) is 2.35. The molecule has 1 saturated carbocycles. The summed E-state index contributed by atoms with van der Waals surface area (Å²) in [5.74, 6) is -2.74. The number of aromatic nitrogens is 2. The molecule has 34 heavy (non-hydrogen) atoms. The van der Waals surface area contributed by atoms with Gasteiger partial charge in [0.15, 0.2) is 17.5 Å². The van der Waals surface area contributed by atoms with Gasteiger partial charge in [-0.2, -0.15) is 0 Å². The zero-order valence-electron chi connectivity index (χ0n) is 19.6. The molecule has 0 radical (unpaired) electrons. The van der Waals surface area contributed by atoms with Crippen LogP contribution in [0.4, 0.5) is 19.0 Å². The Morgan fingerprint density at radius 1 is 1.26 bits per heavy atom. The van der Waals surface area contributed by atoms with Crippen molar-refractivity contribution in [3.05, 3.63) is 17.3 Å². The number of hydroxylamine groups is 2. The smallest absolute Gasteiger partial charge is 0.297 e. The molecule has 9 nitrogen and oxygen atoms in total. The first kappa shape index (κ1) is 26.1. The van der Waals surface area contributed by atoms with E-state index in [1.807, 2.05) is 19.0 Å². The Labute approximate surface area is 197 Å². The lowest BCUT2D eigenvalue weighted by Crippen LogP contribution is -2.38. The largest absolute Gasteiger partial charge is 0.352 e. The highest BCUT2D eigenvalue weighted by atomic mass is 19.3. The summed E-state index contributed by atoms with van der Waals surface area (Å²) in [6, 6.07) is 0.142. The fourth-order valence-corrected chi connectivity index (χ4v) is 4.78. The summed E-state index contributed by atoms with van der Waals surface area (Å²) in [5.41, 5.74) is -0.321. The monoisotopic (exact) mass is 486 g/mol. The average Bonchev–Trinajstić information content (AvgIpc) is 3.49. The van der Waals surface area contributed by atoms with E-state index in [2.05, 4.69) is 15.3 Å². The third kappa shape index (κ3) is 6.56. The summed E-state index contributed by atoms with van der Waals surface area (Å²) in [4.78, 5) is 34.7. The van der Waals surface area contributed by atoms with E-state index >= 15 is 4.39 Å². The van der Waals surface area contributed by atoms with Gasteiger partial charge in [0.1, 0.15) is 5.69 Å². The van der Waals surface area contributed by atoms with Crippen LogP contribution in [-0.4, -0.2) is 77.2 Å². The molecule has 1 aliphatic heterocycles. The lowest BCUT2D eigenvalue weighted by atomic mass is 9.92. The number of amides is 2. The van der Waals surface area contributed by atoms with Crippen molar-refractivity contribution in [2.45, 2.75) is 57.5 Å². The summed E-state index contributed by atoms with van der Waals surface area (Å²) in [6.07, 6.45) is 2.48. The summed E-state index contributed by atoms with van der Waals surface area (Å²) in [7, 11) is 3.80. The number of rotatable bonds is 11. The molecule has 0 unspecified atom stereocenters. The fraction of sp³-hybridized carbons (Fsp3) is 0.727. The molecule has 2 N–H and O–H groups in total. The molecule has 190 valence electrons. The van der Waals surface area contributed by atoms with Gasteiger partial charge >= 0.3 is 0 Å². The van der Waals surface area contributed by atoms with Crippen LogP contribution in [0.3, 0.4) is 0 Å². The first-order valence-electron chi connectivity index (χ1n) is 11.6. The molecule has 0 bridgehead atoms. The molecule has 3 rings (SSSR count). The highest BCUT2D eigenvalue weighted by Crippen LogP contribution is 2.31. The van der Waals surface area contributed by atoms with E-state index in [-0.39, 0.29) is 30.5 Å². The Hall–Kier alpha value is -2.47. The third-order valence-corrected chi connectivity index (χ3v) is 6.73. The van der Waals surface area contributed by atoms with Crippen molar-refractivity contribution in [1.82, 2.24) is 25.2 Å². The van der Waals surface area contributed by atoms with Crippen LogP contribution >= 0.6 is 0 Å². The van der Waals surface area contributed by atoms with E-state index in [9.17, 15) is 23.6 Å². The Morgan fingerprint density at radius 2 is 1.97 bits per heavy atom. The van der Waals surface area contributed by atoms with Crippen LogP contribution in [0.15, 0.2) is 0 Å². The first-order valence-corrected chi connectivity index (χ1v) is 11.6. The second kappa shape index (κ2) is 11.8. The van der Waals surface area contributed by atoms with Crippen molar-refractivity contribution in [2.24, 2.45) is 11.8 Å². The van der Waals surface area contributed by atoms with Gasteiger partial charge in [-0.15, -0.1) is 0 Å². The summed E-state index contributed by atoms with van der Waals surface area (Å²) >= 11 is 0. The highest BCUT2D eigenvalue weighted by Gasteiger charge is 2.31. The maximum absolute atomic E-state index is 15.3. The van der Waals surface area contributed by atoms with Gasteiger partial charge in [0.25, 0.3) is 6.43 Å². The molecule has 1 aromatic heterocycles. The number of anilines is 1. The number of alkyl halides is 2. The number of halogens is 3. The molecule has 1 aliphatic carbocycles. The van der Waals surface area contributed by atoms with Gasteiger partial charge in [0.2, 0.25) is 12.3 Å². The van der Waals surface area contributed by atoms with Gasteiger partial charge in [-0.25, -0.2) is 28.2 Å². The molecular weight excluding hydrogens is 453 g/mol. The van der Waals surface area contributed by atoms with E-state index in [0.717, 1.165) is 32.1 Å². The van der Waals surface area contributed by atoms with Crippen LogP contribution in [0.5, 0.6) is 0 Å². The van der Waals surface area contributed by atoms with Gasteiger partial charge in [0, 0.05) is 19.1 Å². The Balaban J connectivity index is 1.75. The van der Waals surface area contributed by atoms with Gasteiger partial charge in [-0.05, 0) is 32.9 Å². The van der Waals surface area contributed by atoms with Crippen molar-refractivity contribution >= 4 is 18.1 Å². The molecule has 2 atom stereocenters. The quantitative estimate of drug-likeness (QED) is 0.281. The minimum Gasteiger partial charge on any atom is -0.352 e. The highest BCUT2D eigenvalue weighted by molar-refractivity contribution is 5.79. The lowest BCUT2D eigenvalue weighted by molar-refractivity contribution is -0.155. The molecule has 2 amide bonds. The zero-order valence-corrected chi connectivity index (χ0v) is 19.6. The number of carbonyl (C=O) groups excluding carboxylic acids is 2. The number of carbonyl (C=O) groups is 2. The number of hydrogen-bond donors (Lipinski definition) is 2. The van der Waals surface area contributed by atoms with Crippen LogP contribution in [0.1, 0.15) is 56.5 Å². The molecule has 0 spiro atoms. The van der Waals surface area contributed by atoms with Crippen molar-refractivity contribution in [3.63, 3.8) is 0 Å². The molecule has 2 heterocycles. The van der Waals surface area contributed by atoms with Gasteiger partial charge in [-0.1, -0.05) is 25.7 Å². The maximum atomic E-state index is 15.3. The second-order valence-electron chi connectivity index (χ2n) is 9.35. The van der Waals surface area contributed by atoms with E-state index in [1.165, 1.54) is 0 Å². The predicted molar refractivity (Wildman–Crippen MR) is 118 cm³/mol. The number of nitrogens with one attached hydrogen (secondary N) is 1. The van der Waals surface area contributed by atoms with E-state index in [1.54, 1.807) is 4.90 Å². The van der Waals surface area contributed by atoms with E-state index < -0.39 is 36.4 Å².